The molecule has 11 heavy (non-hydrogen) atoms. The summed E-state index contributed by atoms with van der Waals surface area (Å²) in [6.07, 6.45) is 0. The second-order valence-electron chi connectivity index (χ2n) is 2.57. The Bertz CT molecular complexity index is 172. The summed E-state index contributed by atoms with van der Waals surface area (Å²) in [6, 6.07) is 10.5. The predicted molar refractivity (Wildman–Crippen MR) is 58.1 cm³/mol. The number of hydrogen-bond donors (Lipinski definition) is 0. The molecule has 0 saturated carbocycles. The van der Waals surface area contributed by atoms with Crippen molar-refractivity contribution in [2.24, 2.45) is 0 Å². The van der Waals surface area contributed by atoms with E-state index >= 15 is 0 Å². The molecule has 0 N–H and O–H groups in total. The van der Waals surface area contributed by atoms with E-state index in [1.54, 1.807) is 0 Å². The van der Waals surface area contributed by atoms with E-state index in [9.17, 15) is 0 Å². The van der Waals surface area contributed by atoms with Crippen LogP contribution in [0, 0.1) is 0 Å². The molecule has 0 aromatic heterocycles. The monoisotopic (exact) mass is 178 g/mol. The fraction of sp³-hybridized carbons (Fsp3) is 0.333. The first-order valence-corrected chi connectivity index (χ1v) is 3.35. The molecule has 0 amide bonds. The summed E-state index contributed by atoms with van der Waals surface area (Å²) in [7, 11) is 0. The van der Waals surface area contributed by atoms with Crippen molar-refractivity contribution < 1.29 is 0 Å². The normalized spacial score (nSPS) is 8.27. The minimum atomic E-state index is 0. The summed E-state index contributed by atoms with van der Waals surface area (Å²) in [5.74, 6) is 0.659. The van der Waals surface area contributed by atoms with Crippen molar-refractivity contribution >= 4 is 43.1 Å². The summed E-state index contributed by atoms with van der Waals surface area (Å²) in [4.78, 5) is 0. The topological polar surface area (TPSA) is 0 Å². The van der Waals surface area contributed by atoms with Crippen molar-refractivity contribution in [2.75, 3.05) is 0 Å². The third-order valence-corrected chi connectivity index (χ3v) is 1.47. The third kappa shape index (κ3) is 4.91. The molecule has 0 heterocycles. The Labute approximate surface area is 98.1 Å². The van der Waals surface area contributed by atoms with Gasteiger partial charge in [-0.1, -0.05) is 44.2 Å². The SMILES string of the molecule is CC(C)c1ccccc1.S.[NaH]. The Morgan fingerprint density at radius 3 is 1.73 bits per heavy atom. The molecule has 1 rings (SSSR count). The molecule has 58 valence electrons. The molecule has 0 atom stereocenters. The summed E-state index contributed by atoms with van der Waals surface area (Å²) in [5.41, 5.74) is 1.41. The van der Waals surface area contributed by atoms with E-state index < -0.39 is 0 Å². The molecule has 1 aromatic rings. The molecule has 0 nitrogen and oxygen atoms in total. The molecule has 0 aliphatic heterocycles. The Morgan fingerprint density at radius 2 is 1.45 bits per heavy atom. The van der Waals surface area contributed by atoms with Crippen molar-refractivity contribution in [3.8, 4) is 0 Å². The Morgan fingerprint density at radius 1 is 1.00 bits per heavy atom. The van der Waals surface area contributed by atoms with Gasteiger partial charge in [0.25, 0.3) is 0 Å². The molecule has 1 aromatic carbocycles. The molecule has 0 bridgehead atoms. The second-order valence-corrected chi connectivity index (χ2v) is 2.57. The first-order chi connectivity index (χ1) is 4.30. The van der Waals surface area contributed by atoms with Gasteiger partial charge in [-0.25, -0.2) is 0 Å². The van der Waals surface area contributed by atoms with E-state index in [0.29, 0.717) is 5.92 Å². The van der Waals surface area contributed by atoms with Crippen molar-refractivity contribution in [2.45, 2.75) is 19.8 Å². The Balaban J connectivity index is 0. The number of rotatable bonds is 1. The number of benzene rings is 1. The van der Waals surface area contributed by atoms with Crippen molar-refractivity contribution in [3.63, 3.8) is 0 Å². The molecular weight excluding hydrogens is 163 g/mol. The van der Waals surface area contributed by atoms with Gasteiger partial charge in [0.2, 0.25) is 0 Å². The maximum absolute atomic E-state index is 2.20. The standard InChI is InChI=1S/C9H12.Na.H2S.H/c1-8(2)9-6-4-3-5-7-9;;;/h3-8H,1-2H3;;1H2;. The molecule has 0 fully saturated rings. The van der Waals surface area contributed by atoms with Gasteiger partial charge in [-0.05, 0) is 11.5 Å². The molecule has 0 spiro atoms. The van der Waals surface area contributed by atoms with Crippen LogP contribution >= 0.6 is 13.5 Å². The average Bonchev–Trinajstić information content (AvgIpc) is 1.90. The van der Waals surface area contributed by atoms with Gasteiger partial charge in [0.05, 0.1) is 0 Å². The summed E-state index contributed by atoms with van der Waals surface area (Å²) < 4.78 is 0. The first kappa shape index (κ1) is 14.1. The molecule has 0 unspecified atom stereocenters. The van der Waals surface area contributed by atoms with Gasteiger partial charge >= 0.3 is 29.6 Å². The van der Waals surface area contributed by atoms with E-state index in [4.69, 9.17) is 0 Å². The number of hydrogen-bond acceptors (Lipinski definition) is 0. The zero-order valence-corrected chi connectivity index (χ0v) is 7.46. The zero-order chi connectivity index (χ0) is 6.69. The van der Waals surface area contributed by atoms with Crippen LogP contribution < -0.4 is 0 Å². The van der Waals surface area contributed by atoms with Crippen LogP contribution in [-0.2, 0) is 0 Å². The quantitative estimate of drug-likeness (QED) is 0.579. The van der Waals surface area contributed by atoms with E-state index in [1.807, 2.05) is 6.07 Å². The van der Waals surface area contributed by atoms with Crippen LogP contribution in [0.15, 0.2) is 30.3 Å². The van der Waals surface area contributed by atoms with Gasteiger partial charge in [0.15, 0.2) is 0 Å². The van der Waals surface area contributed by atoms with Crippen LogP contribution in [-0.4, -0.2) is 29.6 Å². The van der Waals surface area contributed by atoms with Gasteiger partial charge < -0.3 is 0 Å². The van der Waals surface area contributed by atoms with Crippen LogP contribution in [0.5, 0.6) is 0 Å². The maximum atomic E-state index is 2.20. The van der Waals surface area contributed by atoms with E-state index in [-0.39, 0.29) is 43.1 Å². The van der Waals surface area contributed by atoms with Crippen molar-refractivity contribution in [3.05, 3.63) is 35.9 Å². The molecular formula is C9H15NaS. The summed E-state index contributed by atoms with van der Waals surface area (Å²) in [5, 5.41) is 0. The molecule has 0 aliphatic carbocycles. The first-order valence-electron chi connectivity index (χ1n) is 3.35. The van der Waals surface area contributed by atoms with Crippen LogP contribution in [0.1, 0.15) is 25.3 Å². The fourth-order valence-electron chi connectivity index (χ4n) is 0.838. The Hall–Kier alpha value is 0.570. The van der Waals surface area contributed by atoms with Crippen LogP contribution in [0.3, 0.4) is 0 Å². The zero-order valence-electron chi connectivity index (χ0n) is 6.46. The van der Waals surface area contributed by atoms with Gasteiger partial charge in [-0.2, -0.15) is 13.5 Å². The average molecular weight is 178 g/mol. The Kier molecular flexibility index (Phi) is 9.28. The van der Waals surface area contributed by atoms with Gasteiger partial charge in [-0.3, -0.25) is 0 Å². The van der Waals surface area contributed by atoms with Gasteiger partial charge in [-0.15, -0.1) is 0 Å². The van der Waals surface area contributed by atoms with Crippen LogP contribution in [0.4, 0.5) is 0 Å². The molecule has 0 saturated heterocycles. The minimum absolute atomic E-state index is 0. The van der Waals surface area contributed by atoms with Crippen LogP contribution in [0.2, 0.25) is 0 Å². The second kappa shape index (κ2) is 7.23. The molecule has 0 radical (unpaired) electrons. The van der Waals surface area contributed by atoms with E-state index in [0.717, 1.165) is 0 Å². The molecule has 0 aliphatic rings. The summed E-state index contributed by atoms with van der Waals surface area (Å²) >= 11 is 0. The van der Waals surface area contributed by atoms with Crippen molar-refractivity contribution in [1.82, 2.24) is 0 Å². The van der Waals surface area contributed by atoms with Crippen LogP contribution in [0.25, 0.3) is 0 Å². The van der Waals surface area contributed by atoms with Crippen molar-refractivity contribution in [1.29, 1.82) is 0 Å². The van der Waals surface area contributed by atoms with Gasteiger partial charge in [0.1, 0.15) is 0 Å². The summed E-state index contributed by atoms with van der Waals surface area (Å²) in [6.45, 7) is 4.41. The van der Waals surface area contributed by atoms with E-state index in [1.165, 1.54) is 5.56 Å². The van der Waals surface area contributed by atoms with E-state index in [2.05, 4.69) is 38.1 Å². The predicted octanol–water partition coefficient (Wildman–Crippen LogP) is 2.27. The third-order valence-electron chi connectivity index (χ3n) is 1.47. The molecule has 2 heteroatoms. The fourth-order valence-corrected chi connectivity index (χ4v) is 0.838. The van der Waals surface area contributed by atoms with Gasteiger partial charge in [0, 0.05) is 0 Å².